The van der Waals surface area contributed by atoms with E-state index in [1.54, 1.807) is 36.4 Å². The number of rotatable bonds is 4. The summed E-state index contributed by atoms with van der Waals surface area (Å²) in [5.74, 6) is -0.338. The third-order valence-electron chi connectivity index (χ3n) is 3.27. The molecule has 0 saturated heterocycles. The number of carbonyl (C=O) groups is 1. The summed E-state index contributed by atoms with van der Waals surface area (Å²) in [4.78, 5) is 14.1. The third-order valence-corrected chi connectivity index (χ3v) is 4.78. The normalized spacial score (nSPS) is 10.8. The second kappa shape index (κ2) is 10.3. The van der Waals surface area contributed by atoms with Crippen LogP contribution in [-0.2, 0) is 3.02 Å². The molecule has 0 saturated carbocycles. The molecule has 3 aromatic rings. The van der Waals surface area contributed by atoms with Crippen LogP contribution in [0.1, 0.15) is 15.9 Å². The Bertz CT molecular complexity index is 985. The van der Waals surface area contributed by atoms with Crippen LogP contribution in [-0.4, -0.2) is 36.0 Å². The van der Waals surface area contributed by atoms with E-state index < -0.39 is 20.1 Å². The Morgan fingerprint density at radius 1 is 0.893 bits per heavy atom. The summed E-state index contributed by atoms with van der Waals surface area (Å²) in [6.45, 7) is 0. The number of carbonyl (C=O) groups excluding carboxylic acids is 1. The second-order valence-corrected chi connectivity index (χ2v) is 9.86. The van der Waals surface area contributed by atoms with Crippen molar-refractivity contribution in [3.63, 3.8) is 0 Å². The average molecular weight is 532 g/mol. The van der Waals surface area contributed by atoms with Crippen molar-refractivity contribution in [2.45, 2.75) is 9.79 Å². The minimum atomic E-state index is -5.35. The average Bonchev–Trinajstić information content (AvgIpc) is 2.64. The Morgan fingerprint density at radius 2 is 1.46 bits per heavy atom. The molecule has 0 spiro atoms. The van der Waals surface area contributed by atoms with Crippen LogP contribution in [0.4, 0.5) is 4.39 Å². The number of ketones is 1. The summed E-state index contributed by atoms with van der Waals surface area (Å²) >= 11 is 2.37. The van der Waals surface area contributed by atoms with Gasteiger partial charge in [-0.2, -0.15) is 0 Å². The first kappa shape index (κ1) is 22.7. The number of benzene rings is 3. The summed E-state index contributed by atoms with van der Waals surface area (Å²) in [6, 6.07) is 20.5. The van der Waals surface area contributed by atoms with Crippen molar-refractivity contribution < 1.29 is 22.4 Å². The van der Waals surface area contributed by atoms with E-state index in [0.717, 1.165) is 9.79 Å². The predicted octanol–water partition coefficient (Wildman–Crippen LogP) is 3.69. The van der Waals surface area contributed by atoms with Crippen molar-refractivity contribution in [3.8, 4) is 0 Å². The molecule has 3 aromatic carbocycles. The van der Waals surface area contributed by atoms with Gasteiger partial charge in [0.15, 0.2) is 5.78 Å². The van der Waals surface area contributed by atoms with Crippen LogP contribution in [0.15, 0.2) is 82.6 Å². The van der Waals surface area contributed by atoms with Gasteiger partial charge in [-0.3, -0.25) is 4.79 Å². The monoisotopic (exact) mass is 530 g/mol. The number of hydrogen-bond donors (Lipinski definition) is 3. The van der Waals surface area contributed by atoms with Crippen LogP contribution < -0.4 is 0 Å². The van der Waals surface area contributed by atoms with Crippen molar-refractivity contribution in [2.24, 2.45) is 0 Å². The van der Waals surface area contributed by atoms with Crippen LogP contribution in [0.5, 0.6) is 0 Å². The number of halogens is 2. The van der Waals surface area contributed by atoms with E-state index in [0.29, 0.717) is 16.1 Å². The van der Waals surface area contributed by atoms with Crippen molar-refractivity contribution in [2.75, 3.05) is 0 Å². The van der Waals surface area contributed by atoms with Crippen molar-refractivity contribution in [1.29, 1.82) is 0 Å². The molecule has 0 bridgehead atoms. The first-order chi connectivity index (χ1) is 13.1. The molecule has 28 heavy (non-hydrogen) atoms. The molecular weight excluding hydrogens is 516 g/mol. The number of hydrogen-bond acceptors (Lipinski definition) is 3. The summed E-state index contributed by atoms with van der Waals surface area (Å²) in [6.07, 6.45) is 0. The van der Waals surface area contributed by atoms with E-state index in [1.807, 2.05) is 24.3 Å². The van der Waals surface area contributed by atoms with Gasteiger partial charge in [0, 0.05) is 20.9 Å². The molecule has 146 valence electrons. The molecule has 0 unspecified atom stereocenters. The Balaban J connectivity index is 0.000000500. The third kappa shape index (κ3) is 7.79. The van der Waals surface area contributed by atoms with E-state index in [4.69, 9.17) is 24.8 Å². The molecule has 0 aromatic heterocycles. The Kier molecular flexibility index (Phi) is 8.31. The minimum absolute atomic E-state index is 0.0640. The van der Waals surface area contributed by atoms with Gasteiger partial charge in [-0.25, -0.2) is 4.39 Å². The molecule has 3 rings (SSSR count). The van der Waals surface area contributed by atoms with Gasteiger partial charge in [-0.15, -0.1) is 0 Å². The van der Waals surface area contributed by atoms with E-state index in [1.165, 1.54) is 23.9 Å². The molecule has 0 aliphatic rings. The van der Waals surface area contributed by atoms with Gasteiger partial charge in [0.2, 0.25) is 0 Å². The molecule has 5 nitrogen and oxygen atoms in total. The summed E-state index contributed by atoms with van der Waals surface area (Å²) in [5.41, 5.74) is 1.17. The van der Waals surface area contributed by atoms with Crippen LogP contribution >= 0.6 is 23.4 Å². The van der Waals surface area contributed by atoms with E-state index in [2.05, 4.69) is 0 Å². The molecule has 0 radical (unpaired) electrons. The maximum absolute atomic E-state index is 12.9. The first-order valence-corrected chi connectivity index (χ1v) is 13.4. The molecule has 0 aliphatic carbocycles. The Labute approximate surface area is 175 Å². The Morgan fingerprint density at radius 3 is 2.00 bits per heavy atom. The van der Waals surface area contributed by atoms with Gasteiger partial charge < -0.3 is 0 Å². The van der Waals surface area contributed by atoms with E-state index >= 15 is 0 Å². The van der Waals surface area contributed by atoms with E-state index in [-0.39, 0.29) is 11.6 Å². The molecule has 0 atom stereocenters. The van der Waals surface area contributed by atoms with Crippen molar-refractivity contribution >= 4 is 49.2 Å². The topological polar surface area (TPSA) is 94.8 Å². The fourth-order valence-electron chi connectivity index (χ4n) is 2.11. The zero-order valence-corrected chi connectivity index (χ0v) is 18.3. The summed E-state index contributed by atoms with van der Waals surface area (Å²) < 4.78 is 43.7. The van der Waals surface area contributed by atoms with Crippen LogP contribution in [0.3, 0.4) is 0 Å². The Hall–Kier alpha value is -1.60. The molecule has 9 heteroatoms. The summed E-state index contributed by atoms with van der Waals surface area (Å²) in [5, 5.41) is 0.501. The van der Waals surface area contributed by atoms with Gasteiger partial charge >= 0.3 is 33.2 Å². The SMILES string of the molecule is O=C(c1ccccc1)c1ccc(Sc2ccc(F)cc2)c(Cl)c1.[O]=[Sb]([OH])([OH])[OH]. The zero-order chi connectivity index (χ0) is 20.7. The zero-order valence-electron chi connectivity index (χ0n) is 14.2. The molecular formula is C19H15ClFO5SSb. The molecule has 0 aliphatic heterocycles. The fourth-order valence-corrected chi connectivity index (χ4v) is 3.23. The fraction of sp³-hybridized carbons (Fsp3) is 0. The molecule has 3 N–H and O–H groups in total. The molecule has 0 amide bonds. The predicted molar refractivity (Wildman–Crippen MR) is 105 cm³/mol. The van der Waals surface area contributed by atoms with Gasteiger partial charge in [-0.05, 0) is 42.5 Å². The van der Waals surface area contributed by atoms with Gasteiger partial charge in [0.25, 0.3) is 0 Å². The van der Waals surface area contributed by atoms with Crippen molar-refractivity contribution in [1.82, 2.24) is 0 Å². The quantitative estimate of drug-likeness (QED) is 0.351. The summed E-state index contributed by atoms with van der Waals surface area (Å²) in [7, 11) is 0. The van der Waals surface area contributed by atoms with Crippen LogP contribution in [0.25, 0.3) is 0 Å². The standard InChI is InChI=1S/C19H12ClFOS.3H2O.O.Sb/c20-17-12-14(19(22)13-4-2-1-3-5-13)6-11-18(17)23-16-9-7-15(21)8-10-16;;;;;/h1-12H;3*1H2;;/q;;;;;+3/p-3. The van der Waals surface area contributed by atoms with Gasteiger partial charge in [0.05, 0.1) is 5.02 Å². The van der Waals surface area contributed by atoms with E-state index in [9.17, 15) is 9.18 Å². The second-order valence-electron chi connectivity index (χ2n) is 5.41. The van der Waals surface area contributed by atoms with Gasteiger partial charge in [0.1, 0.15) is 5.82 Å². The molecule has 0 heterocycles. The maximum atomic E-state index is 12.9. The van der Waals surface area contributed by atoms with Crippen LogP contribution in [0.2, 0.25) is 5.02 Å². The van der Waals surface area contributed by atoms with Gasteiger partial charge in [-0.1, -0.05) is 53.7 Å². The van der Waals surface area contributed by atoms with Crippen LogP contribution in [0, 0.1) is 5.82 Å². The molecule has 0 fully saturated rings. The first-order valence-electron chi connectivity index (χ1n) is 7.74. The van der Waals surface area contributed by atoms with Crippen molar-refractivity contribution in [3.05, 3.63) is 94.8 Å².